The van der Waals surface area contributed by atoms with Gasteiger partial charge in [0.05, 0.1) is 5.02 Å². The van der Waals surface area contributed by atoms with Gasteiger partial charge < -0.3 is 4.74 Å². The van der Waals surface area contributed by atoms with Gasteiger partial charge in [-0.25, -0.2) is 8.78 Å². The number of hydrogen-bond donors (Lipinski definition) is 0. The van der Waals surface area contributed by atoms with E-state index in [1.165, 1.54) is 24.3 Å². The van der Waals surface area contributed by atoms with Crippen molar-refractivity contribution in [3.05, 3.63) is 64.7 Å². The molecule has 4 heteroatoms. The van der Waals surface area contributed by atoms with Crippen molar-refractivity contribution in [1.29, 1.82) is 0 Å². The summed E-state index contributed by atoms with van der Waals surface area (Å²) in [5.41, 5.74) is 0.481. The molecule has 0 bridgehead atoms. The van der Waals surface area contributed by atoms with E-state index in [-0.39, 0.29) is 17.4 Å². The van der Waals surface area contributed by atoms with E-state index in [0.29, 0.717) is 5.56 Å². The van der Waals surface area contributed by atoms with Crippen LogP contribution in [-0.4, -0.2) is 0 Å². The summed E-state index contributed by atoms with van der Waals surface area (Å²) in [5, 5.41) is 0.00355. The van der Waals surface area contributed by atoms with E-state index < -0.39 is 11.6 Å². The molecule has 2 aromatic carbocycles. The van der Waals surface area contributed by atoms with Crippen LogP contribution in [0.4, 0.5) is 8.78 Å². The van der Waals surface area contributed by atoms with E-state index in [0.717, 1.165) is 0 Å². The van der Waals surface area contributed by atoms with Crippen LogP contribution in [0.5, 0.6) is 5.75 Å². The fourth-order valence-corrected chi connectivity index (χ4v) is 1.56. The van der Waals surface area contributed by atoms with Crippen LogP contribution in [-0.2, 0) is 6.61 Å². The molecule has 0 unspecified atom stereocenters. The summed E-state index contributed by atoms with van der Waals surface area (Å²) in [5.74, 6) is -0.853. The van der Waals surface area contributed by atoms with Crippen molar-refractivity contribution in [2.75, 3.05) is 0 Å². The second kappa shape index (κ2) is 5.15. The molecule has 0 aliphatic rings. The van der Waals surface area contributed by atoms with Gasteiger partial charge in [0.25, 0.3) is 0 Å². The van der Waals surface area contributed by atoms with Crippen molar-refractivity contribution in [3.63, 3.8) is 0 Å². The molecule has 2 rings (SSSR count). The molecule has 0 heterocycles. The maximum absolute atomic E-state index is 13.2. The third-order valence-electron chi connectivity index (χ3n) is 2.25. The molecular weight excluding hydrogens is 246 g/mol. The minimum atomic E-state index is -0.513. The number of halogens is 3. The average molecular weight is 255 g/mol. The zero-order chi connectivity index (χ0) is 12.3. The molecule has 2 aromatic rings. The van der Waals surface area contributed by atoms with E-state index in [9.17, 15) is 8.78 Å². The van der Waals surface area contributed by atoms with Gasteiger partial charge in [0.15, 0.2) is 11.6 Å². The van der Waals surface area contributed by atoms with Crippen LogP contribution >= 0.6 is 11.6 Å². The molecule has 0 atom stereocenters. The number of ether oxygens (including phenoxy) is 1. The lowest BCUT2D eigenvalue weighted by Gasteiger charge is -2.08. The first-order chi connectivity index (χ1) is 8.18. The van der Waals surface area contributed by atoms with Crippen LogP contribution in [0, 0.1) is 11.6 Å². The van der Waals surface area contributed by atoms with Gasteiger partial charge in [0, 0.05) is 5.56 Å². The average Bonchev–Trinajstić information content (AvgIpc) is 2.33. The molecule has 0 aromatic heterocycles. The molecule has 0 saturated carbocycles. The van der Waals surface area contributed by atoms with Gasteiger partial charge in [-0.2, -0.15) is 0 Å². The van der Waals surface area contributed by atoms with Gasteiger partial charge in [0.2, 0.25) is 0 Å². The highest BCUT2D eigenvalue weighted by molar-refractivity contribution is 6.31. The minimum Gasteiger partial charge on any atom is -0.486 e. The molecule has 0 radical (unpaired) electrons. The van der Waals surface area contributed by atoms with Crippen molar-refractivity contribution in [3.8, 4) is 5.75 Å². The van der Waals surface area contributed by atoms with Gasteiger partial charge in [-0.1, -0.05) is 35.9 Å². The van der Waals surface area contributed by atoms with Crippen LogP contribution in [0.1, 0.15) is 5.56 Å². The van der Waals surface area contributed by atoms with Crippen molar-refractivity contribution in [2.45, 2.75) is 6.61 Å². The van der Waals surface area contributed by atoms with Gasteiger partial charge in [-0.15, -0.1) is 0 Å². The second-order valence-electron chi connectivity index (χ2n) is 3.43. The topological polar surface area (TPSA) is 9.23 Å². The highest BCUT2D eigenvalue weighted by atomic mass is 35.5. The largest absolute Gasteiger partial charge is 0.486 e. The fourth-order valence-electron chi connectivity index (χ4n) is 1.38. The summed E-state index contributed by atoms with van der Waals surface area (Å²) in [6, 6.07) is 10.4. The first-order valence-corrected chi connectivity index (χ1v) is 5.36. The Balaban J connectivity index is 2.13. The highest BCUT2D eigenvalue weighted by Gasteiger charge is 2.07. The molecule has 0 spiro atoms. The molecule has 0 saturated heterocycles. The van der Waals surface area contributed by atoms with E-state index in [1.54, 1.807) is 18.2 Å². The summed E-state index contributed by atoms with van der Waals surface area (Å²) in [7, 11) is 0. The van der Waals surface area contributed by atoms with Crippen molar-refractivity contribution < 1.29 is 13.5 Å². The first kappa shape index (κ1) is 11.9. The van der Waals surface area contributed by atoms with Crippen molar-refractivity contribution >= 4 is 11.6 Å². The predicted octanol–water partition coefficient (Wildman–Crippen LogP) is 4.20. The van der Waals surface area contributed by atoms with Crippen LogP contribution in [0.15, 0.2) is 42.5 Å². The molecule has 17 heavy (non-hydrogen) atoms. The van der Waals surface area contributed by atoms with E-state index in [2.05, 4.69) is 0 Å². The summed E-state index contributed by atoms with van der Waals surface area (Å²) < 4.78 is 31.6. The number of hydrogen-bond acceptors (Lipinski definition) is 1. The van der Waals surface area contributed by atoms with E-state index in [1.807, 2.05) is 0 Å². The number of rotatable bonds is 3. The summed E-state index contributed by atoms with van der Waals surface area (Å²) in [6.45, 7) is 0.0253. The Kier molecular flexibility index (Phi) is 3.59. The van der Waals surface area contributed by atoms with Crippen LogP contribution < -0.4 is 4.74 Å². The Morgan fingerprint density at radius 1 is 0.941 bits per heavy atom. The Hall–Kier alpha value is -1.61. The SMILES string of the molecule is Fc1ccccc1OCc1cccc(F)c1Cl. The highest BCUT2D eigenvalue weighted by Crippen LogP contribution is 2.22. The quantitative estimate of drug-likeness (QED) is 0.798. The number of para-hydroxylation sites is 1. The maximum Gasteiger partial charge on any atom is 0.165 e. The molecule has 0 N–H and O–H groups in total. The zero-order valence-electron chi connectivity index (χ0n) is 8.79. The molecule has 1 nitrogen and oxygen atoms in total. The third-order valence-corrected chi connectivity index (χ3v) is 2.67. The van der Waals surface area contributed by atoms with Gasteiger partial charge in [-0.05, 0) is 18.2 Å². The monoisotopic (exact) mass is 254 g/mol. The molecule has 0 fully saturated rings. The van der Waals surface area contributed by atoms with Gasteiger partial charge in [-0.3, -0.25) is 0 Å². The van der Waals surface area contributed by atoms with Crippen LogP contribution in [0.2, 0.25) is 5.02 Å². The Morgan fingerprint density at radius 3 is 2.41 bits per heavy atom. The van der Waals surface area contributed by atoms with E-state index >= 15 is 0 Å². The summed E-state index contributed by atoms with van der Waals surface area (Å²) in [6.07, 6.45) is 0. The predicted molar refractivity (Wildman–Crippen MR) is 62.1 cm³/mol. The number of benzene rings is 2. The fraction of sp³-hybridized carbons (Fsp3) is 0.0769. The third kappa shape index (κ3) is 2.74. The van der Waals surface area contributed by atoms with Gasteiger partial charge >= 0.3 is 0 Å². The first-order valence-electron chi connectivity index (χ1n) is 4.98. The smallest absolute Gasteiger partial charge is 0.165 e. The lowest BCUT2D eigenvalue weighted by molar-refractivity contribution is 0.290. The van der Waals surface area contributed by atoms with Crippen molar-refractivity contribution in [2.24, 2.45) is 0 Å². The molecule has 0 aliphatic carbocycles. The Bertz CT molecular complexity index is 529. The summed E-state index contributed by atoms with van der Waals surface area (Å²) >= 11 is 5.75. The second-order valence-corrected chi connectivity index (χ2v) is 3.81. The molecule has 88 valence electrons. The maximum atomic E-state index is 13.2. The lowest BCUT2D eigenvalue weighted by Crippen LogP contribution is -1.98. The minimum absolute atomic E-state index is 0.00355. The van der Waals surface area contributed by atoms with Crippen molar-refractivity contribution in [1.82, 2.24) is 0 Å². The van der Waals surface area contributed by atoms with Crippen LogP contribution in [0.3, 0.4) is 0 Å². The normalized spacial score (nSPS) is 10.3. The standard InChI is InChI=1S/C13H9ClF2O/c14-13-9(4-3-6-11(13)16)8-17-12-7-2-1-5-10(12)15/h1-7H,8H2. The molecule has 0 aliphatic heterocycles. The van der Waals surface area contributed by atoms with Gasteiger partial charge in [0.1, 0.15) is 12.4 Å². The summed E-state index contributed by atoms with van der Waals surface area (Å²) in [4.78, 5) is 0. The molecular formula is C13H9ClF2O. The Labute approximate surface area is 103 Å². The molecule has 0 amide bonds. The lowest BCUT2D eigenvalue weighted by atomic mass is 10.2. The zero-order valence-corrected chi connectivity index (χ0v) is 9.55. The Morgan fingerprint density at radius 2 is 1.65 bits per heavy atom. The van der Waals surface area contributed by atoms with E-state index in [4.69, 9.17) is 16.3 Å². The van der Waals surface area contributed by atoms with Crippen LogP contribution in [0.25, 0.3) is 0 Å².